The first-order valence-electron chi connectivity index (χ1n) is 10.3. The highest BCUT2D eigenvalue weighted by Crippen LogP contribution is 2.40. The van der Waals surface area contributed by atoms with Crippen molar-refractivity contribution in [2.45, 2.75) is 37.7 Å². The molecule has 0 spiro atoms. The lowest BCUT2D eigenvalue weighted by Crippen LogP contribution is -2.43. The average molecular weight is 453 g/mol. The minimum Gasteiger partial charge on any atom is -0.486 e. The largest absolute Gasteiger partial charge is 0.486 e. The molecule has 166 valence electrons. The Hall–Kier alpha value is -3.39. The van der Waals surface area contributed by atoms with E-state index in [4.69, 9.17) is 9.84 Å². The first-order valence-corrected chi connectivity index (χ1v) is 11.7. The fraction of sp³-hybridized carbons (Fsp3) is 0.250. The zero-order chi connectivity index (χ0) is 22.9. The van der Waals surface area contributed by atoms with Crippen LogP contribution < -0.4 is 9.04 Å². The van der Waals surface area contributed by atoms with Gasteiger partial charge in [-0.05, 0) is 61.7 Å². The van der Waals surface area contributed by atoms with Gasteiger partial charge in [-0.1, -0.05) is 24.3 Å². The van der Waals surface area contributed by atoms with E-state index >= 15 is 0 Å². The molecule has 0 saturated heterocycles. The third-order valence-electron chi connectivity index (χ3n) is 5.47. The lowest BCUT2D eigenvalue weighted by molar-refractivity contribution is -0.137. The summed E-state index contributed by atoms with van der Waals surface area (Å²) in [5.41, 5.74) is 3.82. The second kappa shape index (κ2) is 8.63. The van der Waals surface area contributed by atoms with Gasteiger partial charge in [-0.3, -0.25) is 14.1 Å². The highest BCUT2D eigenvalue weighted by Gasteiger charge is 2.35. The summed E-state index contributed by atoms with van der Waals surface area (Å²) in [5.74, 6) is -0.539. The van der Waals surface area contributed by atoms with Gasteiger partial charge in [0.1, 0.15) is 11.9 Å². The van der Waals surface area contributed by atoms with Crippen LogP contribution in [0.1, 0.15) is 24.1 Å². The maximum absolute atomic E-state index is 13.6. The van der Waals surface area contributed by atoms with Gasteiger partial charge in [0.2, 0.25) is 0 Å². The molecule has 1 N–H and O–H groups in total. The van der Waals surface area contributed by atoms with Crippen LogP contribution in [0.5, 0.6) is 5.75 Å². The van der Waals surface area contributed by atoms with Crippen molar-refractivity contribution in [1.29, 1.82) is 0 Å². The summed E-state index contributed by atoms with van der Waals surface area (Å²) in [4.78, 5) is 15.6. The molecule has 4 rings (SSSR count). The van der Waals surface area contributed by atoms with E-state index in [1.165, 1.54) is 4.31 Å². The molecule has 2 aromatic carbocycles. The molecule has 8 heteroatoms. The number of rotatable bonds is 6. The molecule has 1 aliphatic rings. The van der Waals surface area contributed by atoms with Crippen molar-refractivity contribution in [2.24, 2.45) is 0 Å². The number of sulfonamides is 1. The monoisotopic (exact) mass is 452 g/mol. The van der Waals surface area contributed by atoms with Gasteiger partial charge in [0, 0.05) is 23.9 Å². The number of aliphatic carboxylic acids is 1. The van der Waals surface area contributed by atoms with E-state index in [0.29, 0.717) is 11.4 Å². The fourth-order valence-corrected chi connectivity index (χ4v) is 5.44. The second-order valence-corrected chi connectivity index (χ2v) is 9.71. The minimum atomic E-state index is -3.89. The number of ether oxygens (including phenoxy) is 1. The van der Waals surface area contributed by atoms with Crippen LogP contribution in [0.4, 0.5) is 5.69 Å². The van der Waals surface area contributed by atoms with Gasteiger partial charge in [-0.15, -0.1) is 0 Å². The fourth-order valence-electron chi connectivity index (χ4n) is 3.83. The Morgan fingerprint density at radius 2 is 1.97 bits per heavy atom. The summed E-state index contributed by atoms with van der Waals surface area (Å²) in [5, 5.41) is 9.07. The number of aryl methyl sites for hydroxylation is 2. The number of anilines is 1. The van der Waals surface area contributed by atoms with Crippen LogP contribution in [-0.4, -0.2) is 37.1 Å². The van der Waals surface area contributed by atoms with E-state index < -0.39 is 22.1 Å². The number of carboxylic acid groups (broad SMARTS) is 1. The number of carbonyl (C=O) groups is 1. The standard InChI is InChI=1S/C24H24N2O5S/c1-16-5-3-6-20(13-16)32(29,30)26-15-19(9-11-24(27)28)31-23-10-8-18(14-22(23)26)21-7-4-12-25-17(21)2/h3-8,10,12-14,19H,9,11,15H2,1-2H3,(H,27,28)/t19-/m0/s1. The Balaban J connectivity index is 1.81. The molecule has 0 fully saturated rings. The molecular weight excluding hydrogens is 428 g/mol. The normalized spacial score (nSPS) is 15.7. The van der Waals surface area contributed by atoms with E-state index in [1.54, 1.807) is 36.5 Å². The van der Waals surface area contributed by atoms with Crippen molar-refractivity contribution < 1.29 is 23.1 Å². The summed E-state index contributed by atoms with van der Waals surface area (Å²) in [7, 11) is -3.89. The van der Waals surface area contributed by atoms with Crippen LogP contribution in [0.3, 0.4) is 0 Å². The molecule has 0 unspecified atom stereocenters. The molecule has 0 amide bonds. The van der Waals surface area contributed by atoms with Crippen molar-refractivity contribution in [2.75, 3.05) is 10.8 Å². The van der Waals surface area contributed by atoms with Gasteiger partial charge in [0.15, 0.2) is 0 Å². The number of aromatic nitrogens is 1. The van der Waals surface area contributed by atoms with E-state index in [9.17, 15) is 13.2 Å². The summed E-state index contributed by atoms with van der Waals surface area (Å²) in [6.45, 7) is 3.77. The summed E-state index contributed by atoms with van der Waals surface area (Å²) in [6, 6.07) is 15.9. The van der Waals surface area contributed by atoms with E-state index in [-0.39, 0.29) is 24.3 Å². The van der Waals surface area contributed by atoms with Crippen molar-refractivity contribution in [3.63, 3.8) is 0 Å². The minimum absolute atomic E-state index is 0.0338. The van der Waals surface area contributed by atoms with Gasteiger partial charge in [0.25, 0.3) is 10.0 Å². The first kappa shape index (κ1) is 21.8. The molecule has 0 radical (unpaired) electrons. The van der Waals surface area contributed by atoms with Crippen LogP contribution in [0.25, 0.3) is 11.1 Å². The molecule has 1 aromatic heterocycles. The van der Waals surface area contributed by atoms with Crippen LogP contribution in [0.15, 0.2) is 65.7 Å². The van der Waals surface area contributed by atoms with Gasteiger partial charge in [-0.25, -0.2) is 8.42 Å². The maximum atomic E-state index is 13.6. The Morgan fingerprint density at radius 3 is 2.69 bits per heavy atom. The van der Waals surface area contributed by atoms with Crippen molar-refractivity contribution in [3.05, 3.63) is 72.1 Å². The Labute approximate surface area is 187 Å². The molecule has 7 nitrogen and oxygen atoms in total. The van der Waals surface area contributed by atoms with Crippen LogP contribution in [0.2, 0.25) is 0 Å². The molecule has 32 heavy (non-hydrogen) atoms. The Morgan fingerprint density at radius 1 is 1.16 bits per heavy atom. The van der Waals surface area contributed by atoms with Crippen LogP contribution in [-0.2, 0) is 14.8 Å². The summed E-state index contributed by atoms with van der Waals surface area (Å²) < 4.78 is 34.6. The average Bonchev–Trinajstić information content (AvgIpc) is 2.77. The predicted molar refractivity (Wildman–Crippen MR) is 121 cm³/mol. The molecule has 1 atom stereocenters. The second-order valence-electron chi connectivity index (χ2n) is 7.84. The molecule has 1 aliphatic heterocycles. The zero-order valence-corrected chi connectivity index (χ0v) is 18.7. The van der Waals surface area contributed by atoms with E-state index in [0.717, 1.165) is 22.4 Å². The van der Waals surface area contributed by atoms with Crippen molar-refractivity contribution in [3.8, 4) is 16.9 Å². The van der Waals surface area contributed by atoms with Gasteiger partial charge >= 0.3 is 5.97 Å². The van der Waals surface area contributed by atoms with E-state index in [2.05, 4.69) is 4.98 Å². The Bertz CT molecular complexity index is 1270. The van der Waals surface area contributed by atoms with Gasteiger partial charge < -0.3 is 9.84 Å². The lowest BCUT2D eigenvalue weighted by atomic mass is 10.0. The third-order valence-corrected chi connectivity index (χ3v) is 7.24. The first-order chi connectivity index (χ1) is 15.3. The highest BCUT2D eigenvalue weighted by molar-refractivity contribution is 7.92. The molecule has 0 saturated carbocycles. The smallest absolute Gasteiger partial charge is 0.303 e. The zero-order valence-electron chi connectivity index (χ0n) is 17.9. The maximum Gasteiger partial charge on any atom is 0.303 e. The topological polar surface area (TPSA) is 96.8 Å². The number of pyridine rings is 1. The summed E-state index contributed by atoms with van der Waals surface area (Å²) in [6.07, 6.45) is 1.25. The van der Waals surface area contributed by atoms with E-state index in [1.807, 2.05) is 38.1 Å². The van der Waals surface area contributed by atoms with Gasteiger partial charge in [-0.2, -0.15) is 0 Å². The van der Waals surface area contributed by atoms with Crippen LogP contribution in [0, 0.1) is 13.8 Å². The SMILES string of the molecule is Cc1cccc(S(=O)(=O)N2C[C@H](CCC(=O)O)Oc3ccc(-c4cccnc4C)cc32)c1. The molecule has 0 aliphatic carbocycles. The van der Waals surface area contributed by atoms with Crippen molar-refractivity contribution in [1.82, 2.24) is 4.98 Å². The number of hydrogen-bond donors (Lipinski definition) is 1. The van der Waals surface area contributed by atoms with Crippen LogP contribution >= 0.6 is 0 Å². The summed E-state index contributed by atoms with van der Waals surface area (Å²) >= 11 is 0. The number of nitrogens with zero attached hydrogens (tertiary/aromatic N) is 2. The molecular formula is C24H24N2O5S. The quantitative estimate of drug-likeness (QED) is 0.602. The van der Waals surface area contributed by atoms with Gasteiger partial charge in [0.05, 0.1) is 17.1 Å². The van der Waals surface area contributed by atoms with Crippen molar-refractivity contribution >= 4 is 21.7 Å². The third kappa shape index (κ3) is 4.31. The number of carboxylic acids is 1. The molecule has 0 bridgehead atoms. The number of fused-ring (bicyclic) bond motifs is 1. The number of benzene rings is 2. The molecule has 3 aromatic rings. The highest BCUT2D eigenvalue weighted by atomic mass is 32.2. The Kier molecular flexibility index (Phi) is 5.88. The molecule has 2 heterocycles. The lowest BCUT2D eigenvalue weighted by Gasteiger charge is -2.35. The predicted octanol–water partition coefficient (Wildman–Crippen LogP) is 4.19. The number of hydrogen-bond acceptors (Lipinski definition) is 5.